The van der Waals surface area contributed by atoms with Crippen LogP contribution in [-0.4, -0.2) is 38.1 Å². The lowest BCUT2D eigenvalue weighted by Crippen LogP contribution is -2.42. The van der Waals surface area contributed by atoms with E-state index in [1.807, 2.05) is 53.4 Å². The summed E-state index contributed by atoms with van der Waals surface area (Å²) in [6.07, 6.45) is 0.808. The lowest BCUT2D eigenvalue weighted by atomic mass is 9.98. The summed E-state index contributed by atoms with van der Waals surface area (Å²) in [5.74, 6) is 1.52. The van der Waals surface area contributed by atoms with Gasteiger partial charge in [0.05, 0.1) is 26.8 Å². The van der Waals surface area contributed by atoms with Crippen molar-refractivity contribution < 1.29 is 14.3 Å². The maximum absolute atomic E-state index is 13.1. The van der Waals surface area contributed by atoms with Crippen molar-refractivity contribution in [2.24, 2.45) is 0 Å². The highest BCUT2D eigenvalue weighted by Gasteiger charge is 2.24. The predicted molar refractivity (Wildman–Crippen MR) is 121 cm³/mol. The first kappa shape index (κ1) is 20.9. The molecule has 0 unspecified atom stereocenters. The van der Waals surface area contributed by atoms with Crippen molar-refractivity contribution in [3.63, 3.8) is 0 Å². The highest BCUT2D eigenvalue weighted by atomic mass is 16.5. The number of carbonyl (C=O) groups excluding carboxylic acids is 1. The Bertz CT molecular complexity index is 982. The Hall–Kier alpha value is -3.31. The smallest absolute Gasteiger partial charge is 0.236 e. The summed E-state index contributed by atoms with van der Waals surface area (Å²) in [6, 6.07) is 24.4. The topological polar surface area (TPSA) is 50.8 Å². The minimum atomic E-state index is -0.0345. The highest BCUT2D eigenvalue weighted by Crippen LogP contribution is 2.33. The molecule has 0 aliphatic carbocycles. The average molecular weight is 417 g/mol. The minimum Gasteiger partial charge on any atom is -0.493 e. The van der Waals surface area contributed by atoms with E-state index < -0.39 is 0 Å². The SMILES string of the molecule is COc1cc2c(cc1OC)CN(C(=O)CNC(c1ccccc1)c1ccccc1)CC2. The fraction of sp³-hybridized carbons (Fsp3) is 0.269. The van der Waals surface area contributed by atoms with Gasteiger partial charge in [0.25, 0.3) is 0 Å². The maximum Gasteiger partial charge on any atom is 0.236 e. The molecule has 5 nitrogen and oxygen atoms in total. The van der Waals surface area contributed by atoms with Crippen molar-refractivity contribution in [2.75, 3.05) is 27.3 Å². The van der Waals surface area contributed by atoms with Crippen LogP contribution in [0.4, 0.5) is 0 Å². The molecule has 0 fully saturated rings. The van der Waals surface area contributed by atoms with E-state index in [1.165, 1.54) is 5.56 Å². The summed E-state index contributed by atoms with van der Waals surface area (Å²) in [7, 11) is 3.28. The van der Waals surface area contributed by atoms with Crippen LogP contribution in [-0.2, 0) is 17.8 Å². The van der Waals surface area contributed by atoms with Crippen molar-refractivity contribution >= 4 is 5.91 Å². The lowest BCUT2D eigenvalue weighted by Gasteiger charge is -2.30. The predicted octanol–water partition coefficient (Wildman–Crippen LogP) is 3.97. The molecule has 4 rings (SSSR count). The Morgan fingerprint density at radius 2 is 1.45 bits per heavy atom. The molecule has 31 heavy (non-hydrogen) atoms. The number of rotatable bonds is 7. The molecule has 160 valence electrons. The van der Waals surface area contributed by atoms with E-state index in [2.05, 4.69) is 29.6 Å². The van der Waals surface area contributed by atoms with Gasteiger partial charge in [-0.25, -0.2) is 0 Å². The second kappa shape index (κ2) is 9.67. The third kappa shape index (κ3) is 4.72. The van der Waals surface area contributed by atoms with E-state index in [9.17, 15) is 4.79 Å². The average Bonchev–Trinajstić information content (AvgIpc) is 2.84. The van der Waals surface area contributed by atoms with Gasteiger partial charge in [0, 0.05) is 13.1 Å². The zero-order valence-corrected chi connectivity index (χ0v) is 18.0. The summed E-state index contributed by atoms with van der Waals surface area (Å²) in [5.41, 5.74) is 4.60. The number of fused-ring (bicyclic) bond motifs is 1. The fourth-order valence-corrected chi connectivity index (χ4v) is 4.12. The van der Waals surface area contributed by atoms with E-state index >= 15 is 0 Å². The van der Waals surface area contributed by atoms with Gasteiger partial charge in [-0.15, -0.1) is 0 Å². The van der Waals surface area contributed by atoms with Crippen molar-refractivity contribution in [1.29, 1.82) is 0 Å². The first-order valence-corrected chi connectivity index (χ1v) is 10.5. The Labute approximate surface area is 183 Å². The Kier molecular flexibility index (Phi) is 6.53. The van der Waals surface area contributed by atoms with Crippen LogP contribution < -0.4 is 14.8 Å². The van der Waals surface area contributed by atoms with Crippen molar-refractivity contribution in [2.45, 2.75) is 19.0 Å². The van der Waals surface area contributed by atoms with Crippen molar-refractivity contribution in [3.05, 3.63) is 95.1 Å². The lowest BCUT2D eigenvalue weighted by molar-refractivity contribution is -0.131. The minimum absolute atomic E-state index is 0.0345. The van der Waals surface area contributed by atoms with Gasteiger partial charge < -0.3 is 14.4 Å². The molecule has 0 radical (unpaired) electrons. The number of nitrogens with one attached hydrogen (secondary N) is 1. The molecule has 0 atom stereocenters. The van der Waals surface area contributed by atoms with Gasteiger partial charge in [-0.2, -0.15) is 0 Å². The number of nitrogens with zero attached hydrogens (tertiary/aromatic N) is 1. The van der Waals surface area contributed by atoms with Crippen LogP contribution in [0.5, 0.6) is 11.5 Å². The van der Waals surface area contributed by atoms with Crippen molar-refractivity contribution in [1.82, 2.24) is 10.2 Å². The first-order chi connectivity index (χ1) is 15.2. The molecule has 1 aliphatic rings. The van der Waals surface area contributed by atoms with Crippen LogP contribution in [0.2, 0.25) is 0 Å². The largest absolute Gasteiger partial charge is 0.493 e. The van der Waals surface area contributed by atoms with Gasteiger partial charge in [0.15, 0.2) is 11.5 Å². The summed E-state index contributed by atoms with van der Waals surface area (Å²) in [6.45, 7) is 1.55. The summed E-state index contributed by atoms with van der Waals surface area (Å²) >= 11 is 0. The van der Waals surface area contributed by atoms with E-state index in [0.29, 0.717) is 18.8 Å². The maximum atomic E-state index is 13.1. The van der Waals surface area contributed by atoms with E-state index in [-0.39, 0.29) is 18.5 Å². The van der Waals surface area contributed by atoms with Gasteiger partial charge in [-0.05, 0) is 40.8 Å². The molecule has 1 amide bonds. The standard InChI is InChI=1S/C26H28N2O3/c1-30-23-15-21-13-14-28(18-22(21)16-24(23)31-2)25(29)17-27-26(19-9-5-3-6-10-19)20-11-7-4-8-12-20/h3-12,15-16,26-27H,13-14,17-18H2,1-2H3. The van der Waals surface area contributed by atoms with Gasteiger partial charge in [0.2, 0.25) is 5.91 Å². The zero-order valence-electron chi connectivity index (χ0n) is 18.0. The number of ether oxygens (including phenoxy) is 2. The van der Waals surface area contributed by atoms with E-state index in [4.69, 9.17) is 9.47 Å². The fourth-order valence-electron chi connectivity index (χ4n) is 4.12. The van der Waals surface area contributed by atoms with Gasteiger partial charge in [-0.3, -0.25) is 10.1 Å². The number of amides is 1. The Morgan fingerprint density at radius 3 is 2.00 bits per heavy atom. The second-order valence-electron chi connectivity index (χ2n) is 7.68. The molecule has 0 saturated heterocycles. The Balaban J connectivity index is 1.47. The molecule has 1 N–H and O–H groups in total. The molecule has 0 saturated carbocycles. The molecule has 0 spiro atoms. The highest BCUT2D eigenvalue weighted by molar-refractivity contribution is 5.78. The number of hydrogen-bond donors (Lipinski definition) is 1. The monoisotopic (exact) mass is 416 g/mol. The molecule has 0 aromatic heterocycles. The normalized spacial score (nSPS) is 13.1. The van der Waals surface area contributed by atoms with Gasteiger partial charge in [-0.1, -0.05) is 60.7 Å². The number of methoxy groups -OCH3 is 2. The van der Waals surface area contributed by atoms with Crippen LogP contribution in [0.25, 0.3) is 0 Å². The molecule has 1 aliphatic heterocycles. The number of benzene rings is 3. The van der Waals surface area contributed by atoms with Crippen LogP contribution in [0.1, 0.15) is 28.3 Å². The second-order valence-corrected chi connectivity index (χ2v) is 7.68. The van der Waals surface area contributed by atoms with Crippen LogP contribution in [0.15, 0.2) is 72.8 Å². The summed E-state index contributed by atoms with van der Waals surface area (Å²) in [5, 5.41) is 3.48. The van der Waals surface area contributed by atoms with Crippen LogP contribution in [0.3, 0.4) is 0 Å². The summed E-state index contributed by atoms with van der Waals surface area (Å²) in [4.78, 5) is 15.0. The molecule has 3 aromatic carbocycles. The quantitative estimate of drug-likeness (QED) is 0.633. The third-order valence-electron chi connectivity index (χ3n) is 5.79. The van der Waals surface area contributed by atoms with E-state index in [1.54, 1.807) is 14.2 Å². The van der Waals surface area contributed by atoms with Crippen LogP contribution >= 0.6 is 0 Å². The first-order valence-electron chi connectivity index (χ1n) is 10.5. The van der Waals surface area contributed by atoms with Gasteiger partial charge >= 0.3 is 0 Å². The molecule has 1 heterocycles. The van der Waals surface area contributed by atoms with Crippen molar-refractivity contribution in [3.8, 4) is 11.5 Å². The molecular weight excluding hydrogens is 388 g/mol. The number of carbonyl (C=O) groups is 1. The third-order valence-corrected chi connectivity index (χ3v) is 5.79. The molecular formula is C26H28N2O3. The Morgan fingerprint density at radius 1 is 0.903 bits per heavy atom. The molecule has 3 aromatic rings. The van der Waals surface area contributed by atoms with E-state index in [0.717, 1.165) is 28.9 Å². The number of hydrogen-bond acceptors (Lipinski definition) is 4. The van der Waals surface area contributed by atoms with Gasteiger partial charge in [0.1, 0.15) is 0 Å². The zero-order chi connectivity index (χ0) is 21.6. The summed E-state index contributed by atoms with van der Waals surface area (Å²) < 4.78 is 10.8. The molecule has 0 bridgehead atoms. The molecule has 5 heteroatoms. The van der Waals surface area contributed by atoms with Crippen LogP contribution in [0, 0.1) is 0 Å².